The zero-order valence-corrected chi connectivity index (χ0v) is 13.6. The van der Waals surface area contributed by atoms with Crippen molar-refractivity contribution in [1.82, 2.24) is 10.2 Å². The third-order valence-electron chi connectivity index (χ3n) is 3.21. The molecule has 0 radical (unpaired) electrons. The van der Waals surface area contributed by atoms with Crippen molar-refractivity contribution in [3.63, 3.8) is 0 Å². The molecular formula is C16H16BrN3O. The average Bonchev–Trinajstić information content (AvgIpc) is 2.53. The molecule has 2 aromatic rings. The molecule has 0 saturated heterocycles. The largest absolute Gasteiger partial charge is 0.471 e. The van der Waals surface area contributed by atoms with E-state index in [0.29, 0.717) is 18.1 Å². The van der Waals surface area contributed by atoms with Gasteiger partial charge in [0.15, 0.2) is 0 Å². The lowest BCUT2D eigenvalue weighted by Crippen LogP contribution is -2.07. The molecule has 0 atom stereocenters. The minimum absolute atomic E-state index is 0.314. The summed E-state index contributed by atoms with van der Waals surface area (Å²) in [7, 11) is 0. The first-order valence-electron chi connectivity index (χ1n) is 6.85. The van der Waals surface area contributed by atoms with Crippen molar-refractivity contribution in [2.75, 3.05) is 0 Å². The van der Waals surface area contributed by atoms with Gasteiger partial charge in [-0.05, 0) is 36.1 Å². The molecule has 1 aromatic heterocycles. The summed E-state index contributed by atoms with van der Waals surface area (Å²) in [5.41, 5.74) is 3.31. The van der Waals surface area contributed by atoms with Gasteiger partial charge in [0, 0.05) is 4.47 Å². The predicted molar refractivity (Wildman–Crippen MR) is 84.0 cm³/mol. The smallest absolute Gasteiger partial charge is 0.252 e. The van der Waals surface area contributed by atoms with Crippen LogP contribution in [0.25, 0.3) is 0 Å². The quantitative estimate of drug-likeness (QED) is 0.826. The Labute approximate surface area is 132 Å². The summed E-state index contributed by atoms with van der Waals surface area (Å²) in [6.07, 6.45) is 1.51. The molecule has 0 N–H and O–H groups in total. The van der Waals surface area contributed by atoms with E-state index in [1.807, 2.05) is 38.1 Å². The van der Waals surface area contributed by atoms with E-state index in [1.165, 1.54) is 0 Å². The summed E-state index contributed by atoms with van der Waals surface area (Å²) in [5, 5.41) is 17.6. The predicted octanol–water partition coefficient (Wildman–Crippen LogP) is 3.81. The maximum atomic E-state index is 9.38. The van der Waals surface area contributed by atoms with E-state index in [9.17, 15) is 5.26 Å². The van der Waals surface area contributed by atoms with E-state index >= 15 is 0 Å². The molecule has 0 aliphatic rings. The van der Waals surface area contributed by atoms with Crippen LogP contribution < -0.4 is 4.74 Å². The van der Waals surface area contributed by atoms with Crippen molar-refractivity contribution in [3.05, 3.63) is 51.1 Å². The number of nitriles is 1. The Morgan fingerprint density at radius 3 is 2.43 bits per heavy atom. The van der Waals surface area contributed by atoms with E-state index < -0.39 is 0 Å². The summed E-state index contributed by atoms with van der Waals surface area (Å²) < 4.78 is 6.70. The summed E-state index contributed by atoms with van der Waals surface area (Å²) in [6, 6.07) is 10.0. The summed E-state index contributed by atoms with van der Waals surface area (Å²) in [4.78, 5) is 0. The van der Waals surface area contributed by atoms with Gasteiger partial charge < -0.3 is 4.74 Å². The first kappa shape index (κ1) is 15.5. The number of halogens is 1. The number of aryl methyl sites for hydroxylation is 1. The number of aromatic nitrogens is 2. The second kappa shape index (κ2) is 7.19. The molecule has 0 aliphatic heterocycles. The van der Waals surface area contributed by atoms with E-state index in [1.54, 1.807) is 0 Å². The third-order valence-corrected chi connectivity index (χ3v) is 3.74. The number of hydrogen-bond acceptors (Lipinski definition) is 4. The monoisotopic (exact) mass is 345 g/mol. The lowest BCUT2D eigenvalue weighted by Gasteiger charge is -2.11. The molecule has 1 heterocycles. The van der Waals surface area contributed by atoms with Crippen LogP contribution in [0.4, 0.5) is 0 Å². The molecule has 0 unspecified atom stereocenters. The highest BCUT2D eigenvalue weighted by Gasteiger charge is 2.15. The number of nitrogens with zero attached hydrogens (tertiary/aromatic N) is 3. The van der Waals surface area contributed by atoms with Gasteiger partial charge in [0.25, 0.3) is 5.88 Å². The van der Waals surface area contributed by atoms with Crippen LogP contribution in [0.2, 0.25) is 0 Å². The molecule has 4 nitrogen and oxygen atoms in total. The second-order valence-corrected chi connectivity index (χ2v) is 5.46. The Kier molecular flexibility index (Phi) is 5.29. The molecule has 0 bridgehead atoms. The van der Waals surface area contributed by atoms with Crippen molar-refractivity contribution in [1.29, 1.82) is 5.26 Å². The van der Waals surface area contributed by atoms with Crippen molar-refractivity contribution in [2.45, 2.75) is 33.3 Å². The maximum Gasteiger partial charge on any atom is 0.252 e. The van der Waals surface area contributed by atoms with E-state index in [4.69, 9.17) is 4.74 Å². The summed E-state index contributed by atoms with van der Waals surface area (Å²) in [6.45, 7) is 4.38. The van der Waals surface area contributed by atoms with Gasteiger partial charge >= 0.3 is 0 Å². The first-order valence-corrected chi connectivity index (χ1v) is 7.64. The van der Waals surface area contributed by atoms with Gasteiger partial charge in [0.05, 0.1) is 5.69 Å². The van der Waals surface area contributed by atoms with Gasteiger partial charge in [0.1, 0.15) is 18.2 Å². The van der Waals surface area contributed by atoms with Crippen molar-refractivity contribution in [3.8, 4) is 11.9 Å². The van der Waals surface area contributed by atoms with Crippen LogP contribution in [-0.4, -0.2) is 10.2 Å². The van der Waals surface area contributed by atoms with E-state index in [0.717, 1.165) is 34.1 Å². The molecule has 0 spiro atoms. The summed E-state index contributed by atoms with van der Waals surface area (Å²) in [5.74, 6) is 0.314. The Hall–Kier alpha value is -1.93. The van der Waals surface area contributed by atoms with E-state index in [2.05, 4.69) is 32.2 Å². The van der Waals surface area contributed by atoms with Crippen LogP contribution in [0, 0.1) is 11.3 Å². The van der Waals surface area contributed by atoms with E-state index in [-0.39, 0.29) is 0 Å². The van der Waals surface area contributed by atoms with Gasteiger partial charge in [0.2, 0.25) is 0 Å². The van der Waals surface area contributed by atoms with Gasteiger partial charge in [-0.2, -0.15) is 10.4 Å². The van der Waals surface area contributed by atoms with Gasteiger partial charge in [-0.15, -0.1) is 5.10 Å². The first-order chi connectivity index (χ1) is 10.2. The van der Waals surface area contributed by atoms with Crippen LogP contribution >= 0.6 is 15.9 Å². The number of rotatable bonds is 5. The molecule has 21 heavy (non-hydrogen) atoms. The summed E-state index contributed by atoms with van der Waals surface area (Å²) >= 11 is 3.39. The topological polar surface area (TPSA) is 58.8 Å². The molecule has 1 aromatic carbocycles. The minimum atomic E-state index is 0.314. The van der Waals surface area contributed by atoms with Crippen molar-refractivity contribution >= 4 is 15.9 Å². The number of hydrogen-bond donors (Lipinski definition) is 0. The van der Waals surface area contributed by atoms with Gasteiger partial charge in [-0.1, -0.05) is 41.9 Å². The lowest BCUT2D eigenvalue weighted by molar-refractivity contribution is 0.288. The fourth-order valence-electron chi connectivity index (χ4n) is 2.10. The van der Waals surface area contributed by atoms with Crippen LogP contribution in [0.5, 0.6) is 5.88 Å². The average molecular weight is 346 g/mol. The molecule has 2 rings (SSSR count). The molecular weight excluding hydrogens is 330 g/mol. The zero-order valence-electron chi connectivity index (χ0n) is 12.1. The van der Waals surface area contributed by atoms with Crippen LogP contribution in [0.3, 0.4) is 0 Å². The molecule has 0 aliphatic carbocycles. The number of benzene rings is 1. The highest BCUT2D eigenvalue weighted by Crippen LogP contribution is 2.22. The van der Waals surface area contributed by atoms with Crippen LogP contribution in [0.15, 0.2) is 28.7 Å². The highest BCUT2D eigenvalue weighted by molar-refractivity contribution is 9.10. The Morgan fingerprint density at radius 2 is 1.86 bits per heavy atom. The molecule has 108 valence electrons. The molecule has 0 saturated carbocycles. The second-order valence-electron chi connectivity index (χ2n) is 4.54. The zero-order chi connectivity index (χ0) is 15.2. The molecule has 0 amide bonds. The Morgan fingerprint density at radius 1 is 1.14 bits per heavy atom. The molecule has 0 fully saturated rings. The lowest BCUT2D eigenvalue weighted by atomic mass is 10.0. The van der Waals surface area contributed by atoms with Gasteiger partial charge in [-0.25, -0.2) is 0 Å². The SMILES string of the molecule is CCc1nnc(OCc2ccc(Br)cc2)c(C#N)c1CC. The molecule has 5 heteroatoms. The van der Waals surface area contributed by atoms with Crippen LogP contribution in [0.1, 0.15) is 36.2 Å². The van der Waals surface area contributed by atoms with Crippen molar-refractivity contribution < 1.29 is 4.74 Å². The normalized spacial score (nSPS) is 10.2. The fourth-order valence-corrected chi connectivity index (χ4v) is 2.37. The standard InChI is InChI=1S/C16H16BrN3O/c1-3-13-14(9-18)16(20-19-15(13)4-2)21-10-11-5-7-12(17)8-6-11/h5-8H,3-4,10H2,1-2H3. The number of ether oxygens (including phenoxy) is 1. The van der Waals surface area contributed by atoms with Gasteiger partial charge in [-0.3, -0.25) is 0 Å². The Bertz CT molecular complexity index is 662. The maximum absolute atomic E-state index is 9.38. The van der Waals surface area contributed by atoms with Crippen LogP contribution in [-0.2, 0) is 19.4 Å². The Balaban J connectivity index is 2.24. The van der Waals surface area contributed by atoms with Crippen molar-refractivity contribution in [2.24, 2.45) is 0 Å². The third kappa shape index (κ3) is 3.59. The highest BCUT2D eigenvalue weighted by atomic mass is 79.9. The minimum Gasteiger partial charge on any atom is -0.471 e. The fraction of sp³-hybridized carbons (Fsp3) is 0.312.